The molecule has 4 nitrogen and oxygen atoms in total. The van der Waals surface area contributed by atoms with E-state index in [1.165, 1.54) is 0 Å². The van der Waals surface area contributed by atoms with Crippen molar-refractivity contribution >= 4 is 39.8 Å². The van der Waals surface area contributed by atoms with Crippen LogP contribution in [0, 0.1) is 0 Å². The predicted molar refractivity (Wildman–Crippen MR) is 146 cm³/mol. The van der Waals surface area contributed by atoms with Gasteiger partial charge in [-0.3, -0.25) is 4.98 Å². The van der Waals surface area contributed by atoms with Crippen molar-refractivity contribution in [2.24, 2.45) is 0 Å². The largest absolute Gasteiger partial charge is 0.392 e. The third kappa shape index (κ3) is 4.25. The van der Waals surface area contributed by atoms with Gasteiger partial charge in [0.05, 0.1) is 23.5 Å². The van der Waals surface area contributed by atoms with Gasteiger partial charge in [-0.25, -0.2) is 4.98 Å². The first-order valence-electron chi connectivity index (χ1n) is 11.2. The van der Waals surface area contributed by atoms with Crippen LogP contribution in [0.15, 0.2) is 85.1 Å². The van der Waals surface area contributed by atoms with Crippen LogP contribution in [-0.4, -0.2) is 29.2 Å². The van der Waals surface area contributed by atoms with E-state index in [4.69, 9.17) is 28.2 Å². The van der Waals surface area contributed by atoms with E-state index in [1.807, 2.05) is 86.9 Å². The van der Waals surface area contributed by atoms with Gasteiger partial charge in [0.2, 0.25) is 0 Å². The molecule has 0 saturated heterocycles. The SMILES string of the molecule is CN(C)c1c(-c2ccccc2)c(Cl)nc2ccc(-c3ccnc(-c4ccccc4Cl)c3CO)cc12. The van der Waals surface area contributed by atoms with Crippen molar-refractivity contribution in [1.82, 2.24) is 9.97 Å². The minimum atomic E-state index is -0.170. The first-order chi connectivity index (χ1) is 17.0. The fourth-order valence-electron chi connectivity index (χ4n) is 4.52. The average molecular weight is 500 g/mol. The van der Waals surface area contributed by atoms with Gasteiger partial charge >= 0.3 is 0 Å². The fraction of sp³-hybridized carbons (Fsp3) is 0.103. The second-order valence-corrected chi connectivity index (χ2v) is 9.21. The van der Waals surface area contributed by atoms with Crippen molar-refractivity contribution in [2.75, 3.05) is 19.0 Å². The number of aliphatic hydroxyl groups excluding tert-OH is 1. The number of anilines is 1. The first-order valence-corrected chi connectivity index (χ1v) is 11.9. The Morgan fingerprint density at radius 3 is 2.29 bits per heavy atom. The Kier molecular flexibility index (Phi) is 6.44. The van der Waals surface area contributed by atoms with Crippen LogP contribution in [0.5, 0.6) is 0 Å². The van der Waals surface area contributed by atoms with Crippen LogP contribution in [-0.2, 0) is 6.61 Å². The van der Waals surface area contributed by atoms with Crippen LogP contribution in [0.4, 0.5) is 5.69 Å². The summed E-state index contributed by atoms with van der Waals surface area (Å²) in [4.78, 5) is 11.3. The highest BCUT2D eigenvalue weighted by Gasteiger charge is 2.20. The maximum atomic E-state index is 10.4. The molecule has 0 spiro atoms. The van der Waals surface area contributed by atoms with Gasteiger partial charge in [0, 0.05) is 47.4 Å². The fourth-order valence-corrected chi connectivity index (χ4v) is 5.03. The topological polar surface area (TPSA) is 49.2 Å². The molecule has 35 heavy (non-hydrogen) atoms. The number of aromatic nitrogens is 2. The molecular formula is C29H23Cl2N3O. The molecule has 0 aliphatic rings. The summed E-state index contributed by atoms with van der Waals surface area (Å²) >= 11 is 13.2. The quantitative estimate of drug-likeness (QED) is 0.254. The average Bonchev–Trinajstić information content (AvgIpc) is 2.88. The van der Waals surface area contributed by atoms with Crippen LogP contribution in [0.3, 0.4) is 0 Å². The number of pyridine rings is 2. The lowest BCUT2D eigenvalue weighted by Crippen LogP contribution is -2.11. The van der Waals surface area contributed by atoms with E-state index in [1.54, 1.807) is 6.20 Å². The maximum absolute atomic E-state index is 10.4. The summed E-state index contributed by atoms with van der Waals surface area (Å²) < 4.78 is 0. The predicted octanol–water partition coefficient (Wildman–Crippen LogP) is 7.50. The number of aliphatic hydroxyl groups is 1. The van der Waals surface area contributed by atoms with Gasteiger partial charge in [-0.05, 0) is 41.0 Å². The van der Waals surface area contributed by atoms with E-state index in [0.717, 1.165) is 50.0 Å². The number of nitrogens with zero attached hydrogens (tertiary/aromatic N) is 3. The van der Waals surface area contributed by atoms with Crippen LogP contribution >= 0.6 is 23.2 Å². The Bertz CT molecular complexity index is 1530. The van der Waals surface area contributed by atoms with Crippen LogP contribution < -0.4 is 4.90 Å². The molecule has 0 atom stereocenters. The van der Waals surface area contributed by atoms with Crippen molar-refractivity contribution in [1.29, 1.82) is 0 Å². The summed E-state index contributed by atoms with van der Waals surface area (Å²) in [5.74, 6) is 0. The molecule has 0 fully saturated rings. The highest BCUT2D eigenvalue weighted by molar-refractivity contribution is 6.34. The highest BCUT2D eigenvalue weighted by Crippen LogP contribution is 2.42. The van der Waals surface area contributed by atoms with Crippen LogP contribution in [0.1, 0.15) is 5.56 Å². The third-order valence-corrected chi connectivity index (χ3v) is 6.68. The van der Waals surface area contributed by atoms with E-state index in [0.29, 0.717) is 15.9 Å². The first kappa shape index (κ1) is 23.3. The number of benzene rings is 3. The normalized spacial score (nSPS) is 11.1. The Morgan fingerprint density at radius 1 is 0.829 bits per heavy atom. The van der Waals surface area contributed by atoms with Gasteiger partial charge in [0.25, 0.3) is 0 Å². The van der Waals surface area contributed by atoms with Crippen LogP contribution in [0.2, 0.25) is 10.2 Å². The maximum Gasteiger partial charge on any atom is 0.139 e. The molecule has 0 bridgehead atoms. The van der Waals surface area contributed by atoms with Gasteiger partial charge in [0.1, 0.15) is 5.15 Å². The zero-order valence-corrected chi connectivity index (χ0v) is 20.8. The second-order valence-electron chi connectivity index (χ2n) is 8.44. The molecule has 3 aromatic carbocycles. The number of rotatable bonds is 5. The molecule has 0 aliphatic carbocycles. The monoisotopic (exact) mass is 499 g/mol. The third-order valence-electron chi connectivity index (χ3n) is 6.08. The molecule has 0 unspecified atom stereocenters. The van der Waals surface area contributed by atoms with Gasteiger partial charge in [-0.1, -0.05) is 77.8 Å². The zero-order chi connectivity index (χ0) is 24.5. The molecule has 0 saturated carbocycles. The zero-order valence-electron chi connectivity index (χ0n) is 19.3. The van der Waals surface area contributed by atoms with Gasteiger partial charge in [0.15, 0.2) is 0 Å². The Balaban J connectivity index is 1.77. The van der Waals surface area contributed by atoms with Gasteiger partial charge in [-0.2, -0.15) is 0 Å². The lowest BCUT2D eigenvalue weighted by atomic mass is 9.94. The van der Waals surface area contributed by atoms with Crippen molar-refractivity contribution in [3.8, 4) is 33.5 Å². The molecule has 0 aliphatic heterocycles. The van der Waals surface area contributed by atoms with E-state index < -0.39 is 0 Å². The molecule has 0 radical (unpaired) electrons. The minimum absolute atomic E-state index is 0.170. The van der Waals surface area contributed by atoms with Crippen molar-refractivity contribution in [3.63, 3.8) is 0 Å². The van der Waals surface area contributed by atoms with E-state index in [9.17, 15) is 5.11 Å². The minimum Gasteiger partial charge on any atom is -0.392 e. The van der Waals surface area contributed by atoms with Gasteiger partial charge in [-0.15, -0.1) is 0 Å². The standard InChI is InChI=1S/C29H23Cl2N3O/c1-34(2)28-22-16-19(12-13-25(22)33-29(31)26(28)18-8-4-3-5-9-18)20-14-15-32-27(23(20)17-35)21-10-6-7-11-24(21)30/h3-16,35H,17H2,1-2H3. The summed E-state index contributed by atoms with van der Waals surface area (Å²) in [7, 11) is 4.01. The Morgan fingerprint density at radius 2 is 1.57 bits per heavy atom. The number of hydrogen-bond acceptors (Lipinski definition) is 4. The number of fused-ring (bicyclic) bond motifs is 1. The lowest BCUT2D eigenvalue weighted by molar-refractivity contribution is 0.282. The summed E-state index contributed by atoms with van der Waals surface area (Å²) in [5, 5.41) is 12.4. The molecular weight excluding hydrogens is 477 g/mol. The van der Waals surface area contributed by atoms with E-state index in [-0.39, 0.29) is 6.61 Å². The van der Waals surface area contributed by atoms with Crippen molar-refractivity contribution in [2.45, 2.75) is 6.61 Å². The Labute approximate surface area is 214 Å². The number of hydrogen-bond donors (Lipinski definition) is 1. The van der Waals surface area contributed by atoms with E-state index in [2.05, 4.69) is 16.0 Å². The van der Waals surface area contributed by atoms with Crippen molar-refractivity contribution in [3.05, 3.63) is 101 Å². The molecule has 5 rings (SSSR count). The molecule has 2 aromatic heterocycles. The smallest absolute Gasteiger partial charge is 0.139 e. The van der Waals surface area contributed by atoms with Gasteiger partial charge < -0.3 is 10.0 Å². The van der Waals surface area contributed by atoms with Crippen molar-refractivity contribution < 1.29 is 5.11 Å². The van der Waals surface area contributed by atoms with E-state index >= 15 is 0 Å². The molecule has 6 heteroatoms. The molecule has 0 amide bonds. The summed E-state index contributed by atoms with van der Waals surface area (Å²) in [6.45, 7) is -0.170. The second kappa shape index (κ2) is 9.67. The molecule has 1 N–H and O–H groups in total. The summed E-state index contributed by atoms with van der Waals surface area (Å²) in [6, 6.07) is 25.6. The lowest BCUT2D eigenvalue weighted by Gasteiger charge is -2.22. The summed E-state index contributed by atoms with van der Waals surface area (Å²) in [6.07, 6.45) is 1.75. The summed E-state index contributed by atoms with van der Waals surface area (Å²) in [5.41, 5.74) is 7.68. The number of halogens is 2. The molecule has 2 heterocycles. The Hall–Kier alpha value is -3.44. The van der Waals surface area contributed by atoms with Crippen LogP contribution in [0.25, 0.3) is 44.4 Å². The molecule has 5 aromatic rings. The highest BCUT2D eigenvalue weighted by atomic mass is 35.5. The molecule has 174 valence electrons.